The van der Waals surface area contributed by atoms with Crippen molar-refractivity contribution >= 4 is 17.5 Å². The van der Waals surface area contributed by atoms with Crippen LogP contribution in [0.3, 0.4) is 0 Å². The van der Waals surface area contributed by atoms with Crippen molar-refractivity contribution in [1.29, 1.82) is 0 Å². The largest absolute Gasteiger partial charge is 0.508 e. The SMILES string of the molecule is C=C(C)CNC(=O)c1cc(O)ccc1Cl. The van der Waals surface area contributed by atoms with Crippen LogP contribution in [0, 0.1) is 0 Å². The van der Waals surface area contributed by atoms with Crippen LogP contribution in [0.1, 0.15) is 17.3 Å². The van der Waals surface area contributed by atoms with Crippen LogP contribution in [0.15, 0.2) is 30.4 Å². The average molecular weight is 226 g/mol. The fourth-order valence-electron chi connectivity index (χ4n) is 1.01. The highest BCUT2D eigenvalue weighted by atomic mass is 35.5. The summed E-state index contributed by atoms with van der Waals surface area (Å²) in [7, 11) is 0. The van der Waals surface area contributed by atoms with E-state index < -0.39 is 0 Å². The van der Waals surface area contributed by atoms with Crippen molar-refractivity contribution < 1.29 is 9.90 Å². The van der Waals surface area contributed by atoms with Crippen molar-refractivity contribution in [3.63, 3.8) is 0 Å². The lowest BCUT2D eigenvalue weighted by atomic mass is 10.2. The van der Waals surface area contributed by atoms with Crippen molar-refractivity contribution in [3.8, 4) is 5.75 Å². The highest BCUT2D eigenvalue weighted by Crippen LogP contribution is 2.20. The van der Waals surface area contributed by atoms with Gasteiger partial charge in [0.1, 0.15) is 5.75 Å². The summed E-state index contributed by atoms with van der Waals surface area (Å²) >= 11 is 5.81. The van der Waals surface area contributed by atoms with E-state index in [9.17, 15) is 9.90 Å². The molecule has 0 unspecified atom stereocenters. The second-order valence-electron chi connectivity index (χ2n) is 3.30. The molecule has 4 heteroatoms. The number of amides is 1. The van der Waals surface area contributed by atoms with Gasteiger partial charge in [-0.2, -0.15) is 0 Å². The van der Waals surface area contributed by atoms with Crippen LogP contribution < -0.4 is 5.32 Å². The number of nitrogens with one attached hydrogen (secondary N) is 1. The molecule has 0 aliphatic rings. The van der Waals surface area contributed by atoms with E-state index in [1.54, 1.807) is 0 Å². The van der Waals surface area contributed by atoms with E-state index in [0.29, 0.717) is 11.6 Å². The summed E-state index contributed by atoms with van der Waals surface area (Å²) in [6.45, 7) is 5.87. The molecule has 0 radical (unpaired) electrons. The lowest BCUT2D eigenvalue weighted by Gasteiger charge is -2.06. The first-order valence-electron chi connectivity index (χ1n) is 4.42. The van der Waals surface area contributed by atoms with Crippen molar-refractivity contribution in [2.24, 2.45) is 0 Å². The van der Waals surface area contributed by atoms with Crippen LogP contribution in [0.4, 0.5) is 0 Å². The number of halogens is 1. The Morgan fingerprint density at radius 1 is 1.60 bits per heavy atom. The van der Waals surface area contributed by atoms with Crippen molar-refractivity contribution in [2.75, 3.05) is 6.54 Å². The number of benzene rings is 1. The number of hydrogen-bond donors (Lipinski definition) is 2. The minimum atomic E-state index is -0.320. The van der Waals surface area contributed by atoms with Gasteiger partial charge in [0.25, 0.3) is 5.91 Å². The van der Waals surface area contributed by atoms with Crippen LogP contribution >= 0.6 is 11.6 Å². The van der Waals surface area contributed by atoms with Gasteiger partial charge in [0.15, 0.2) is 0 Å². The van der Waals surface area contributed by atoms with Crippen molar-refractivity contribution in [3.05, 3.63) is 40.9 Å². The third kappa shape index (κ3) is 3.29. The summed E-state index contributed by atoms with van der Waals surface area (Å²) in [6, 6.07) is 4.24. The number of phenols is 1. The molecule has 0 aromatic heterocycles. The first-order valence-corrected chi connectivity index (χ1v) is 4.79. The maximum absolute atomic E-state index is 11.6. The molecule has 0 saturated carbocycles. The summed E-state index contributed by atoms with van der Waals surface area (Å²) in [6.07, 6.45) is 0. The Morgan fingerprint density at radius 3 is 2.87 bits per heavy atom. The van der Waals surface area contributed by atoms with Gasteiger partial charge in [0.2, 0.25) is 0 Å². The van der Waals surface area contributed by atoms with E-state index in [2.05, 4.69) is 11.9 Å². The average Bonchev–Trinajstić information content (AvgIpc) is 2.18. The fraction of sp³-hybridized carbons (Fsp3) is 0.182. The molecular weight excluding hydrogens is 214 g/mol. The molecule has 0 aliphatic heterocycles. The lowest BCUT2D eigenvalue weighted by molar-refractivity contribution is 0.0957. The van der Waals surface area contributed by atoms with Gasteiger partial charge < -0.3 is 10.4 Å². The van der Waals surface area contributed by atoms with E-state index in [4.69, 9.17) is 11.6 Å². The summed E-state index contributed by atoms with van der Waals surface area (Å²) in [5.74, 6) is -0.307. The van der Waals surface area contributed by atoms with Crippen LogP contribution in [0.25, 0.3) is 0 Å². The van der Waals surface area contributed by atoms with E-state index in [1.165, 1.54) is 18.2 Å². The standard InChI is InChI=1S/C11H12ClNO2/c1-7(2)6-13-11(15)9-5-8(14)3-4-10(9)12/h3-5,14H,1,6H2,2H3,(H,13,15). The summed E-state index contributed by atoms with van der Waals surface area (Å²) < 4.78 is 0. The van der Waals surface area contributed by atoms with Gasteiger partial charge in [0, 0.05) is 6.54 Å². The number of carbonyl (C=O) groups is 1. The van der Waals surface area contributed by atoms with Gasteiger partial charge in [-0.05, 0) is 25.1 Å². The maximum atomic E-state index is 11.6. The maximum Gasteiger partial charge on any atom is 0.253 e. The Bertz CT molecular complexity index is 402. The highest BCUT2D eigenvalue weighted by Gasteiger charge is 2.10. The Balaban J connectivity index is 2.81. The molecule has 80 valence electrons. The Labute approximate surface area is 93.4 Å². The second-order valence-corrected chi connectivity index (χ2v) is 3.71. The zero-order valence-electron chi connectivity index (χ0n) is 8.38. The van der Waals surface area contributed by atoms with Crippen molar-refractivity contribution in [1.82, 2.24) is 5.32 Å². The number of hydrogen-bond acceptors (Lipinski definition) is 2. The zero-order valence-corrected chi connectivity index (χ0v) is 9.14. The molecule has 0 atom stereocenters. The Kier molecular flexibility index (Phi) is 3.74. The zero-order chi connectivity index (χ0) is 11.4. The molecule has 1 aromatic rings. The number of carbonyl (C=O) groups excluding carboxylic acids is 1. The van der Waals surface area contributed by atoms with Gasteiger partial charge >= 0.3 is 0 Å². The van der Waals surface area contributed by atoms with Crippen LogP contribution in [-0.4, -0.2) is 17.6 Å². The van der Waals surface area contributed by atoms with Crippen LogP contribution in [-0.2, 0) is 0 Å². The predicted molar refractivity (Wildman–Crippen MR) is 60.3 cm³/mol. The topological polar surface area (TPSA) is 49.3 Å². The third-order valence-corrected chi connectivity index (χ3v) is 2.07. The molecule has 15 heavy (non-hydrogen) atoms. The first kappa shape index (κ1) is 11.6. The molecule has 0 saturated heterocycles. The molecule has 2 N–H and O–H groups in total. The predicted octanol–water partition coefficient (Wildman–Crippen LogP) is 2.35. The lowest BCUT2D eigenvalue weighted by Crippen LogP contribution is -2.25. The minimum absolute atomic E-state index is 0.0138. The molecule has 0 aliphatic carbocycles. The van der Waals surface area contributed by atoms with Crippen LogP contribution in [0.5, 0.6) is 5.75 Å². The highest BCUT2D eigenvalue weighted by molar-refractivity contribution is 6.33. The molecule has 3 nitrogen and oxygen atoms in total. The molecule has 0 fully saturated rings. The van der Waals surface area contributed by atoms with Gasteiger partial charge in [-0.25, -0.2) is 0 Å². The molecule has 0 bridgehead atoms. The fourth-order valence-corrected chi connectivity index (χ4v) is 1.22. The molecule has 0 spiro atoms. The van der Waals surface area contributed by atoms with Gasteiger partial charge in [0.05, 0.1) is 10.6 Å². The number of aromatic hydroxyl groups is 1. The summed E-state index contributed by atoms with van der Waals surface area (Å²) in [4.78, 5) is 11.6. The minimum Gasteiger partial charge on any atom is -0.508 e. The van der Waals surface area contributed by atoms with Crippen LogP contribution in [0.2, 0.25) is 5.02 Å². The summed E-state index contributed by atoms with van der Waals surface area (Å²) in [5, 5.41) is 12.2. The van der Waals surface area contributed by atoms with Gasteiger partial charge in [-0.3, -0.25) is 4.79 Å². The molecule has 1 rings (SSSR count). The van der Waals surface area contributed by atoms with Gasteiger partial charge in [-0.15, -0.1) is 0 Å². The molecule has 0 heterocycles. The van der Waals surface area contributed by atoms with E-state index in [0.717, 1.165) is 5.57 Å². The summed E-state index contributed by atoms with van der Waals surface area (Å²) in [5.41, 5.74) is 1.11. The van der Waals surface area contributed by atoms with Crippen molar-refractivity contribution in [2.45, 2.75) is 6.92 Å². The quantitative estimate of drug-likeness (QED) is 0.776. The second kappa shape index (κ2) is 4.84. The number of phenolic OH excluding ortho intramolecular Hbond substituents is 1. The van der Waals surface area contributed by atoms with E-state index in [1.807, 2.05) is 6.92 Å². The monoisotopic (exact) mass is 225 g/mol. The number of rotatable bonds is 3. The van der Waals surface area contributed by atoms with E-state index in [-0.39, 0.29) is 17.2 Å². The third-order valence-electron chi connectivity index (χ3n) is 1.75. The Hall–Kier alpha value is -1.48. The first-order chi connectivity index (χ1) is 7.00. The Morgan fingerprint density at radius 2 is 2.27 bits per heavy atom. The molecule has 1 amide bonds. The smallest absolute Gasteiger partial charge is 0.253 e. The molecule has 1 aromatic carbocycles. The normalized spacial score (nSPS) is 9.73. The van der Waals surface area contributed by atoms with Gasteiger partial charge in [-0.1, -0.05) is 23.8 Å². The molecular formula is C11H12ClNO2. The van der Waals surface area contributed by atoms with E-state index >= 15 is 0 Å².